The van der Waals surface area contributed by atoms with Crippen LogP contribution in [0.1, 0.15) is 5.56 Å². The summed E-state index contributed by atoms with van der Waals surface area (Å²) in [6.07, 6.45) is 1.88. The third kappa shape index (κ3) is 3.20. The summed E-state index contributed by atoms with van der Waals surface area (Å²) in [7, 11) is 3.23. The standard InChI is InChI=1S/C19H20N2O3/c1-13-4-6-14(7-5-13)20-19(22)12-21-9-8-16-17(21)10-15(23-2)11-18(16)24-3/h4-11H,12H2,1-3H3,(H,20,22). The lowest BCUT2D eigenvalue weighted by Gasteiger charge is -2.10. The average molecular weight is 324 g/mol. The first-order chi connectivity index (χ1) is 11.6. The fraction of sp³-hybridized carbons (Fsp3) is 0.211. The van der Waals surface area contributed by atoms with E-state index in [9.17, 15) is 4.79 Å². The molecule has 0 aliphatic carbocycles. The maximum absolute atomic E-state index is 12.3. The van der Waals surface area contributed by atoms with Crippen LogP contribution in [-0.2, 0) is 11.3 Å². The Morgan fingerprint density at radius 3 is 2.50 bits per heavy atom. The second-order valence-corrected chi connectivity index (χ2v) is 5.62. The minimum absolute atomic E-state index is 0.0851. The molecule has 24 heavy (non-hydrogen) atoms. The molecule has 1 heterocycles. The van der Waals surface area contributed by atoms with Crippen molar-refractivity contribution in [2.75, 3.05) is 19.5 Å². The van der Waals surface area contributed by atoms with E-state index in [-0.39, 0.29) is 12.5 Å². The molecule has 0 saturated heterocycles. The number of carbonyl (C=O) groups excluding carboxylic acids is 1. The van der Waals surface area contributed by atoms with Gasteiger partial charge in [-0.15, -0.1) is 0 Å². The maximum atomic E-state index is 12.3. The van der Waals surface area contributed by atoms with Crippen molar-refractivity contribution in [2.45, 2.75) is 13.5 Å². The summed E-state index contributed by atoms with van der Waals surface area (Å²) < 4.78 is 12.6. The Balaban J connectivity index is 1.84. The van der Waals surface area contributed by atoms with E-state index in [0.29, 0.717) is 5.75 Å². The van der Waals surface area contributed by atoms with Gasteiger partial charge in [0.2, 0.25) is 5.91 Å². The first-order valence-electron chi connectivity index (χ1n) is 7.68. The Hall–Kier alpha value is -2.95. The van der Waals surface area contributed by atoms with Crippen LogP contribution in [0.15, 0.2) is 48.7 Å². The molecule has 3 aromatic rings. The molecule has 3 rings (SSSR count). The lowest BCUT2D eigenvalue weighted by Crippen LogP contribution is -2.18. The molecule has 0 atom stereocenters. The van der Waals surface area contributed by atoms with Crippen LogP contribution in [0.3, 0.4) is 0 Å². The van der Waals surface area contributed by atoms with Crippen LogP contribution in [0.25, 0.3) is 10.9 Å². The number of amides is 1. The predicted octanol–water partition coefficient (Wildman–Crippen LogP) is 3.61. The molecule has 0 fully saturated rings. The smallest absolute Gasteiger partial charge is 0.244 e. The number of ether oxygens (including phenoxy) is 2. The minimum atomic E-state index is -0.0851. The Morgan fingerprint density at radius 2 is 1.83 bits per heavy atom. The van der Waals surface area contributed by atoms with Crippen molar-refractivity contribution in [3.05, 3.63) is 54.2 Å². The summed E-state index contributed by atoms with van der Waals surface area (Å²) in [5, 5.41) is 3.85. The van der Waals surface area contributed by atoms with Crippen LogP contribution in [0.5, 0.6) is 11.5 Å². The third-order valence-electron chi connectivity index (χ3n) is 3.93. The summed E-state index contributed by atoms with van der Waals surface area (Å²) >= 11 is 0. The molecule has 5 heteroatoms. The van der Waals surface area contributed by atoms with Gasteiger partial charge in [-0.2, -0.15) is 0 Å². The molecule has 0 unspecified atom stereocenters. The van der Waals surface area contributed by atoms with Gasteiger partial charge in [-0.1, -0.05) is 17.7 Å². The van der Waals surface area contributed by atoms with Crippen LogP contribution in [-0.4, -0.2) is 24.7 Å². The van der Waals surface area contributed by atoms with Gasteiger partial charge in [0.1, 0.15) is 18.0 Å². The molecule has 124 valence electrons. The van der Waals surface area contributed by atoms with Gasteiger partial charge in [-0.25, -0.2) is 0 Å². The number of hydrogen-bond donors (Lipinski definition) is 1. The van der Waals surface area contributed by atoms with Crippen molar-refractivity contribution in [1.29, 1.82) is 0 Å². The number of fused-ring (bicyclic) bond motifs is 1. The van der Waals surface area contributed by atoms with Crippen molar-refractivity contribution in [2.24, 2.45) is 0 Å². The molecule has 0 spiro atoms. The van der Waals surface area contributed by atoms with Gasteiger partial charge in [-0.05, 0) is 25.1 Å². The number of aryl methyl sites for hydroxylation is 1. The molecular weight excluding hydrogens is 304 g/mol. The number of hydrogen-bond acceptors (Lipinski definition) is 3. The van der Waals surface area contributed by atoms with Crippen molar-refractivity contribution < 1.29 is 14.3 Å². The number of nitrogens with zero attached hydrogens (tertiary/aromatic N) is 1. The Bertz CT molecular complexity index is 866. The molecule has 2 aromatic carbocycles. The topological polar surface area (TPSA) is 52.5 Å². The predicted molar refractivity (Wildman–Crippen MR) is 94.9 cm³/mol. The molecule has 1 amide bonds. The highest BCUT2D eigenvalue weighted by Crippen LogP contribution is 2.31. The van der Waals surface area contributed by atoms with Gasteiger partial charge in [0.25, 0.3) is 0 Å². The summed E-state index contributed by atoms with van der Waals surface area (Å²) in [5.74, 6) is 1.33. The third-order valence-corrected chi connectivity index (χ3v) is 3.93. The molecule has 5 nitrogen and oxygen atoms in total. The number of rotatable bonds is 5. The largest absolute Gasteiger partial charge is 0.497 e. The van der Waals surface area contributed by atoms with Crippen molar-refractivity contribution in [3.63, 3.8) is 0 Å². The van der Waals surface area contributed by atoms with Crippen LogP contribution in [0.4, 0.5) is 5.69 Å². The number of nitrogens with one attached hydrogen (secondary N) is 1. The molecule has 0 aliphatic heterocycles. The molecule has 1 N–H and O–H groups in total. The number of benzene rings is 2. The SMILES string of the molecule is COc1cc(OC)c2ccn(CC(=O)Nc3ccc(C)cc3)c2c1. The normalized spacial score (nSPS) is 10.6. The van der Waals surface area contributed by atoms with Gasteiger partial charge in [0.15, 0.2) is 0 Å². The fourth-order valence-electron chi connectivity index (χ4n) is 2.65. The zero-order chi connectivity index (χ0) is 17.1. The van der Waals surface area contributed by atoms with Crippen LogP contribution < -0.4 is 14.8 Å². The highest BCUT2D eigenvalue weighted by molar-refractivity contribution is 5.93. The van der Waals surface area contributed by atoms with Gasteiger partial charge >= 0.3 is 0 Å². The van der Waals surface area contributed by atoms with E-state index in [1.807, 2.05) is 60.2 Å². The minimum Gasteiger partial charge on any atom is -0.497 e. The number of aromatic nitrogens is 1. The zero-order valence-electron chi connectivity index (χ0n) is 14.0. The average Bonchev–Trinajstić information content (AvgIpc) is 2.98. The molecule has 0 bridgehead atoms. The first-order valence-corrected chi connectivity index (χ1v) is 7.68. The monoisotopic (exact) mass is 324 g/mol. The number of methoxy groups -OCH3 is 2. The maximum Gasteiger partial charge on any atom is 0.244 e. The summed E-state index contributed by atoms with van der Waals surface area (Å²) in [5.41, 5.74) is 2.84. The van der Waals surface area contributed by atoms with Gasteiger partial charge in [0.05, 0.1) is 19.7 Å². The second kappa shape index (κ2) is 6.66. The van der Waals surface area contributed by atoms with Crippen LogP contribution in [0, 0.1) is 6.92 Å². The van der Waals surface area contributed by atoms with E-state index >= 15 is 0 Å². The van der Waals surface area contributed by atoms with E-state index in [4.69, 9.17) is 9.47 Å². The van der Waals surface area contributed by atoms with Crippen molar-refractivity contribution in [3.8, 4) is 11.5 Å². The summed E-state index contributed by atoms with van der Waals surface area (Å²) in [4.78, 5) is 12.3. The molecule has 0 radical (unpaired) electrons. The second-order valence-electron chi connectivity index (χ2n) is 5.62. The number of carbonyl (C=O) groups is 1. The van der Waals surface area contributed by atoms with Crippen LogP contribution in [0.2, 0.25) is 0 Å². The highest BCUT2D eigenvalue weighted by atomic mass is 16.5. The number of anilines is 1. The Kier molecular flexibility index (Phi) is 4.42. The summed E-state index contributed by atoms with van der Waals surface area (Å²) in [6.45, 7) is 2.23. The van der Waals surface area contributed by atoms with Crippen molar-refractivity contribution >= 4 is 22.5 Å². The van der Waals surface area contributed by atoms with E-state index < -0.39 is 0 Å². The fourth-order valence-corrected chi connectivity index (χ4v) is 2.65. The molecule has 0 aliphatic rings. The van der Waals surface area contributed by atoms with E-state index in [2.05, 4.69) is 5.32 Å². The quantitative estimate of drug-likeness (QED) is 0.780. The van der Waals surface area contributed by atoms with E-state index in [0.717, 1.165) is 27.9 Å². The van der Waals surface area contributed by atoms with E-state index in [1.165, 1.54) is 0 Å². The van der Waals surface area contributed by atoms with Crippen LogP contribution >= 0.6 is 0 Å². The lowest BCUT2D eigenvalue weighted by atomic mass is 10.2. The first kappa shape index (κ1) is 15.9. The molecular formula is C19H20N2O3. The Morgan fingerprint density at radius 1 is 1.08 bits per heavy atom. The molecule has 0 saturated carbocycles. The van der Waals surface area contributed by atoms with Crippen molar-refractivity contribution in [1.82, 2.24) is 4.57 Å². The lowest BCUT2D eigenvalue weighted by molar-refractivity contribution is -0.116. The van der Waals surface area contributed by atoms with E-state index in [1.54, 1.807) is 14.2 Å². The van der Waals surface area contributed by atoms with Gasteiger partial charge < -0.3 is 19.4 Å². The summed E-state index contributed by atoms with van der Waals surface area (Å²) in [6, 6.07) is 13.4. The molecule has 1 aromatic heterocycles. The van der Waals surface area contributed by atoms with Gasteiger partial charge in [0, 0.05) is 29.4 Å². The van der Waals surface area contributed by atoms with Gasteiger partial charge in [-0.3, -0.25) is 4.79 Å². The zero-order valence-corrected chi connectivity index (χ0v) is 14.0. The highest BCUT2D eigenvalue weighted by Gasteiger charge is 2.12. The Labute approximate surface area is 140 Å².